The molecule has 0 aromatic carbocycles. The van der Waals surface area contributed by atoms with Crippen molar-refractivity contribution in [3.05, 3.63) is 0 Å². The molecule has 0 aromatic rings. The fourth-order valence-corrected chi connectivity index (χ4v) is 2.77. The Hall–Kier alpha value is -0.120. The highest BCUT2D eigenvalue weighted by atomic mass is 16.5. The van der Waals surface area contributed by atoms with Crippen LogP contribution in [0.5, 0.6) is 0 Å². The van der Waals surface area contributed by atoms with Crippen molar-refractivity contribution in [1.82, 2.24) is 10.2 Å². The maximum Gasteiger partial charge on any atom is 0.0469 e. The van der Waals surface area contributed by atoms with Gasteiger partial charge in [-0.3, -0.25) is 0 Å². The summed E-state index contributed by atoms with van der Waals surface area (Å²) in [4.78, 5) is 2.65. The summed E-state index contributed by atoms with van der Waals surface area (Å²) in [6.45, 7) is 8.12. The summed E-state index contributed by atoms with van der Waals surface area (Å²) in [5.74, 6) is 0.882. The minimum absolute atomic E-state index is 0.381. The molecule has 2 heterocycles. The van der Waals surface area contributed by atoms with Crippen LogP contribution >= 0.6 is 0 Å². The normalized spacial score (nSPS) is 28.1. The van der Waals surface area contributed by atoms with Gasteiger partial charge in [-0.25, -0.2) is 0 Å². The summed E-state index contributed by atoms with van der Waals surface area (Å²) in [5, 5.41) is 3.46. The second-order valence-electron chi connectivity index (χ2n) is 5.67. The van der Waals surface area contributed by atoms with E-state index < -0.39 is 0 Å². The number of ether oxygens (including phenoxy) is 1. The van der Waals surface area contributed by atoms with Crippen LogP contribution in [0, 0.1) is 5.92 Å². The lowest BCUT2D eigenvalue weighted by molar-refractivity contribution is 0.0442. The summed E-state index contributed by atoms with van der Waals surface area (Å²) in [6, 6.07) is 0. The van der Waals surface area contributed by atoms with Crippen LogP contribution in [0.1, 0.15) is 32.6 Å². The van der Waals surface area contributed by atoms with Gasteiger partial charge >= 0.3 is 0 Å². The molecule has 2 aliphatic rings. The number of hydrogen-bond donors (Lipinski definition) is 1. The van der Waals surface area contributed by atoms with Crippen LogP contribution in [0.15, 0.2) is 0 Å². The Morgan fingerprint density at radius 2 is 1.88 bits per heavy atom. The lowest BCUT2D eigenvalue weighted by Gasteiger charge is -2.40. The SMILES string of the molecule is CNC1(C)CCN(CC2CCOCC2)CC1. The van der Waals surface area contributed by atoms with Crippen molar-refractivity contribution in [2.24, 2.45) is 5.92 Å². The summed E-state index contributed by atoms with van der Waals surface area (Å²) in [5.41, 5.74) is 0.381. The maximum atomic E-state index is 5.41. The third-order valence-electron chi connectivity index (χ3n) is 4.42. The van der Waals surface area contributed by atoms with Crippen molar-refractivity contribution in [2.45, 2.75) is 38.1 Å². The van der Waals surface area contributed by atoms with E-state index >= 15 is 0 Å². The molecule has 2 aliphatic heterocycles. The number of hydrogen-bond acceptors (Lipinski definition) is 3. The largest absolute Gasteiger partial charge is 0.381 e. The van der Waals surface area contributed by atoms with Crippen molar-refractivity contribution < 1.29 is 4.74 Å². The Labute approximate surface area is 99.5 Å². The molecule has 0 spiro atoms. The van der Waals surface area contributed by atoms with Gasteiger partial charge in [-0.1, -0.05) is 0 Å². The van der Waals surface area contributed by atoms with Gasteiger partial charge in [0.25, 0.3) is 0 Å². The number of nitrogens with zero attached hydrogens (tertiary/aromatic N) is 1. The first kappa shape index (κ1) is 12.3. The molecule has 2 fully saturated rings. The third kappa shape index (κ3) is 3.19. The average Bonchev–Trinajstić information content (AvgIpc) is 2.34. The van der Waals surface area contributed by atoms with E-state index in [9.17, 15) is 0 Å². The summed E-state index contributed by atoms with van der Waals surface area (Å²) < 4.78 is 5.41. The second kappa shape index (κ2) is 5.48. The lowest BCUT2D eigenvalue weighted by atomic mass is 9.89. The molecule has 2 saturated heterocycles. The molecule has 2 rings (SSSR count). The Bertz CT molecular complexity index is 206. The third-order valence-corrected chi connectivity index (χ3v) is 4.42. The van der Waals surface area contributed by atoms with Gasteiger partial charge in [0.1, 0.15) is 0 Å². The minimum atomic E-state index is 0.381. The predicted molar refractivity (Wildman–Crippen MR) is 66.7 cm³/mol. The highest BCUT2D eigenvalue weighted by molar-refractivity contribution is 4.88. The van der Waals surface area contributed by atoms with Crippen molar-refractivity contribution in [3.63, 3.8) is 0 Å². The van der Waals surface area contributed by atoms with Gasteiger partial charge in [0.05, 0.1) is 0 Å². The Balaban J connectivity index is 1.72. The quantitative estimate of drug-likeness (QED) is 0.789. The molecule has 16 heavy (non-hydrogen) atoms. The molecule has 94 valence electrons. The number of rotatable bonds is 3. The Morgan fingerprint density at radius 3 is 2.44 bits per heavy atom. The van der Waals surface area contributed by atoms with Crippen LogP contribution in [-0.4, -0.2) is 50.3 Å². The smallest absolute Gasteiger partial charge is 0.0469 e. The molecule has 0 unspecified atom stereocenters. The van der Waals surface area contributed by atoms with Gasteiger partial charge in [0, 0.05) is 25.3 Å². The summed E-state index contributed by atoms with van der Waals surface area (Å²) in [6.07, 6.45) is 5.10. The molecule has 0 radical (unpaired) electrons. The van der Waals surface area contributed by atoms with E-state index in [-0.39, 0.29) is 0 Å². The van der Waals surface area contributed by atoms with E-state index in [2.05, 4.69) is 24.2 Å². The van der Waals surface area contributed by atoms with Crippen LogP contribution < -0.4 is 5.32 Å². The fraction of sp³-hybridized carbons (Fsp3) is 1.00. The van der Waals surface area contributed by atoms with Gasteiger partial charge < -0.3 is 15.0 Å². The molecule has 0 aromatic heterocycles. The summed E-state index contributed by atoms with van der Waals surface area (Å²) >= 11 is 0. The summed E-state index contributed by atoms with van der Waals surface area (Å²) in [7, 11) is 2.09. The second-order valence-corrected chi connectivity index (χ2v) is 5.67. The van der Waals surface area contributed by atoms with E-state index in [1.165, 1.54) is 45.3 Å². The van der Waals surface area contributed by atoms with E-state index in [1.807, 2.05) is 0 Å². The van der Waals surface area contributed by atoms with Crippen LogP contribution in [0.4, 0.5) is 0 Å². The molecule has 3 heteroatoms. The molecular formula is C13H26N2O. The first-order valence-corrected chi connectivity index (χ1v) is 6.71. The highest BCUT2D eigenvalue weighted by Crippen LogP contribution is 2.23. The Morgan fingerprint density at radius 1 is 1.25 bits per heavy atom. The van der Waals surface area contributed by atoms with Crippen molar-refractivity contribution in [1.29, 1.82) is 0 Å². The molecule has 0 saturated carbocycles. The standard InChI is InChI=1S/C13H26N2O/c1-13(14-2)5-7-15(8-6-13)11-12-3-9-16-10-4-12/h12,14H,3-11H2,1-2H3. The van der Waals surface area contributed by atoms with E-state index in [0.29, 0.717) is 5.54 Å². The van der Waals surface area contributed by atoms with Crippen molar-refractivity contribution >= 4 is 0 Å². The van der Waals surface area contributed by atoms with Crippen LogP contribution in [0.3, 0.4) is 0 Å². The fourth-order valence-electron chi connectivity index (χ4n) is 2.77. The van der Waals surface area contributed by atoms with Crippen molar-refractivity contribution in [3.8, 4) is 0 Å². The molecule has 0 bridgehead atoms. The lowest BCUT2D eigenvalue weighted by Crippen LogP contribution is -2.50. The van der Waals surface area contributed by atoms with Gasteiger partial charge in [-0.2, -0.15) is 0 Å². The molecule has 0 amide bonds. The van der Waals surface area contributed by atoms with Gasteiger partial charge in [0.2, 0.25) is 0 Å². The predicted octanol–water partition coefficient (Wildman–Crippen LogP) is 1.49. The zero-order chi connectivity index (χ0) is 11.4. The molecular weight excluding hydrogens is 200 g/mol. The first-order valence-electron chi connectivity index (χ1n) is 6.71. The molecule has 1 N–H and O–H groups in total. The monoisotopic (exact) mass is 226 g/mol. The van der Waals surface area contributed by atoms with E-state index in [4.69, 9.17) is 4.74 Å². The number of nitrogens with one attached hydrogen (secondary N) is 1. The van der Waals surface area contributed by atoms with Gasteiger partial charge in [0.15, 0.2) is 0 Å². The topological polar surface area (TPSA) is 24.5 Å². The average molecular weight is 226 g/mol. The molecule has 3 nitrogen and oxygen atoms in total. The van der Waals surface area contributed by atoms with E-state index in [1.54, 1.807) is 0 Å². The van der Waals surface area contributed by atoms with Gasteiger partial charge in [-0.15, -0.1) is 0 Å². The first-order chi connectivity index (χ1) is 7.72. The molecule has 0 atom stereocenters. The minimum Gasteiger partial charge on any atom is -0.381 e. The van der Waals surface area contributed by atoms with Crippen LogP contribution in [-0.2, 0) is 4.74 Å². The van der Waals surface area contributed by atoms with Crippen LogP contribution in [0.2, 0.25) is 0 Å². The zero-order valence-corrected chi connectivity index (χ0v) is 10.8. The molecule has 0 aliphatic carbocycles. The number of likely N-dealkylation sites (tertiary alicyclic amines) is 1. The van der Waals surface area contributed by atoms with E-state index in [0.717, 1.165) is 19.1 Å². The van der Waals surface area contributed by atoms with Crippen molar-refractivity contribution in [2.75, 3.05) is 39.9 Å². The van der Waals surface area contributed by atoms with Crippen LogP contribution in [0.25, 0.3) is 0 Å². The maximum absolute atomic E-state index is 5.41. The Kier molecular flexibility index (Phi) is 4.22. The number of piperidine rings is 1. The van der Waals surface area contributed by atoms with Gasteiger partial charge in [-0.05, 0) is 58.7 Å². The zero-order valence-electron chi connectivity index (χ0n) is 10.8. The highest BCUT2D eigenvalue weighted by Gasteiger charge is 2.29.